The molecule has 2 unspecified atom stereocenters. The molecule has 4 rings (SSSR count). The fourth-order valence-electron chi connectivity index (χ4n) is 4.18. The summed E-state index contributed by atoms with van der Waals surface area (Å²) in [4.78, 5) is 25.8. The van der Waals surface area contributed by atoms with Gasteiger partial charge in [-0.2, -0.15) is 13.2 Å². The number of carbonyl (C=O) groups is 2. The van der Waals surface area contributed by atoms with E-state index in [1.165, 1.54) is 6.07 Å². The van der Waals surface area contributed by atoms with Crippen LogP contribution in [0.5, 0.6) is 5.75 Å². The fourth-order valence-corrected chi connectivity index (χ4v) is 4.41. The lowest BCUT2D eigenvalue weighted by Gasteiger charge is -2.22. The second-order valence-corrected chi connectivity index (χ2v) is 8.82. The van der Waals surface area contributed by atoms with Crippen molar-refractivity contribution in [3.63, 3.8) is 0 Å². The maximum absolute atomic E-state index is 14.0. The SMILES string of the molecule is O=C(Nc1cc(NCC(F)F)c(O)c2c1C(c1cc(F)ccc1Cl)NC2=O)C1=CC(C(F)(F)F)=CC(F)C1. The number of alkyl halides is 6. The van der Waals surface area contributed by atoms with E-state index in [-0.39, 0.29) is 21.8 Å². The molecular formula is C24H17ClF7N3O3. The first-order chi connectivity index (χ1) is 17.8. The molecule has 0 saturated heterocycles. The van der Waals surface area contributed by atoms with Gasteiger partial charge in [-0.3, -0.25) is 9.59 Å². The number of halogens is 8. The Balaban J connectivity index is 1.82. The van der Waals surface area contributed by atoms with E-state index in [0.29, 0.717) is 12.2 Å². The minimum absolute atomic E-state index is 0.00458. The van der Waals surface area contributed by atoms with Crippen LogP contribution in [-0.2, 0) is 4.79 Å². The summed E-state index contributed by atoms with van der Waals surface area (Å²) < 4.78 is 93.1. The number of aromatic hydroxyl groups is 1. The number of allylic oxidation sites excluding steroid dienone is 3. The number of anilines is 2. The Morgan fingerprint density at radius 2 is 1.92 bits per heavy atom. The molecule has 1 aliphatic heterocycles. The van der Waals surface area contributed by atoms with Crippen LogP contribution in [0.3, 0.4) is 0 Å². The summed E-state index contributed by atoms with van der Waals surface area (Å²) in [6.45, 7) is -0.963. The first-order valence-electron chi connectivity index (χ1n) is 10.9. The zero-order valence-corrected chi connectivity index (χ0v) is 19.7. The molecule has 6 nitrogen and oxygen atoms in total. The standard InChI is InChI=1S/C24H17ClF7N3O3/c25-14-2-1-11(26)6-13(14)20-18-15(7-16(33-8-17(28)29)21(36)19(18)23(38)35-20)34-22(37)9-3-10(24(30,31)32)5-12(27)4-9/h1-3,5-7,12,17,20,33,36H,4,8H2,(H,34,37)(H,35,38). The number of phenols is 1. The summed E-state index contributed by atoms with van der Waals surface area (Å²) in [6.07, 6.45) is -9.84. The average molecular weight is 564 g/mol. The minimum atomic E-state index is -4.93. The quantitative estimate of drug-likeness (QED) is 0.203. The molecule has 0 aromatic heterocycles. The Kier molecular flexibility index (Phi) is 7.33. The van der Waals surface area contributed by atoms with Crippen LogP contribution in [0, 0.1) is 5.82 Å². The van der Waals surface area contributed by atoms with Gasteiger partial charge in [0, 0.05) is 33.8 Å². The summed E-state index contributed by atoms with van der Waals surface area (Å²) in [7, 11) is 0. The number of amides is 2. The Bertz CT molecular complexity index is 1380. The molecule has 1 heterocycles. The Hall–Kier alpha value is -3.74. The van der Waals surface area contributed by atoms with Crippen molar-refractivity contribution in [1.29, 1.82) is 0 Å². The lowest BCUT2D eigenvalue weighted by molar-refractivity contribution is -0.113. The van der Waals surface area contributed by atoms with E-state index in [4.69, 9.17) is 11.6 Å². The number of nitrogens with one attached hydrogen (secondary N) is 3. The monoisotopic (exact) mass is 563 g/mol. The summed E-state index contributed by atoms with van der Waals surface area (Å²) >= 11 is 6.17. The third-order valence-electron chi connectivity index (χ3n) is 5.82. The van der Waals surface area contributed by atoms with Gasteiger partial charge in [0.2, 0.25) is 0 Å². The fraction of sp³-hybridized carbons (Fsp3) is 0.250. The largest absolute Gasteiger partial charge is 0.505 e. The summed E-state index contributed by atoms with van der Waals surface area (Å²) in [5.74, 6) is -3.63. The Morgan fingerprint density at radius 1 is 1.21 bits per heavy atom. The highest BCUT2D eigenvalue weighted by Crippen LogP contribution is 2.46. The van der Waals surface area contributed by atoms with Crippen molar-refractivity contribution < 1.29 is 45.4 Å². The number of carbonyl (C=O) groups excluding carboxylic acids is 2. The molecule has 202 valence electrons. The molecule has 2 aromatic rings. The normalized spacial score (nSPS) is 19.0. The first-order valence-corrected chi connectivity index (χ1v) is 11.3. The highest BCUT2D eigenvalue weighted by atomic mass is 35.5. The van der Waals surface area contributed by atoms with Crippen molar-refractivity contribution in [1.82, 2.24) is 5.32 Å². The van der Waals surface area contributed by atoms with Gasteiger partial charge < -0.3 is 21.1 Å². The number of hydrogen-bond donors (Lipinski definition) is 4. The van der Waals surface area contributed by atoms with E-state index in [1.807, 2.05) is 0 Å². The predicted molar refractivity (Wildman–Crippen MR) is 124 cm³/mol. The number of fused-ring (bicyclic) bond motifs is 1. The molecule has 2 amide bonds. The van der Waals surface area contributed by atoms with Crippen LogP contribution in [-0.4, -0.2) is 42.2 Å². The lowest BCUT2D eigenvalue weighted by Crippen LogP contribution is -2.24. The third-order valence-corrected chi connectivity index (χ3v) is 6.16. The van der Waals surface area contributed by atoms with Crippen LogP contribution in [0.25, 0.3) is 0 Å². The molecule has 0 fully saturated rings. The van der Waals surface area contributed by atoms with E-state index in [0.717, 1.165) is 18.2 Å². The van der Waals surface area contributed by atoms with Gasteiger partial charge >= 0.3 is 6.18 Å². The van der Waals surface area contributed by atoms with Crippen LogP contribution in [0.1, 0.15) is 33.9 Å². The maximum atomic E-state index is 14.0. The van der Waals surface area contributed by atoms with Crippen LogP contribution in [0.2, 0.25) is 5.02 Å². The molecule has 0 saturated carbocycles. The van der Waals surface area contributed by atoms with E-state index in [2.05, 4.69) is 16.0 Å². The maximum Gasteiger partial charge on any atom is 0.416 e. The van der Waals surface area contributed by atoms with Crippen molar-refractivity contribution in [3.05, 3.63) is 75.1 Å². The lowest BCUT2D eigenvalue weighted by atomic mass is 9.94. The van der Waals surface area contributed by atoms with Crippen molar-refractivity contribution in [2.45, 2.75) is 31.2 Å². The molecule has 4 N–H and O–H groups in total. The van der Waals surface area contributed by atoms with Crippen LogP contribution in [0.15, 0.2) is 47.6 Å². The molecular weight excluding hydrogens is 547 g/mol. The van der Waals surface area contributed by atoms with Crippen LogP contribution >= 0.6 is 11.6 Å². The molecule has 2 aliphatic rings. The van der Waals surface area contributed by atoms with E-state index >= 15 is 0 Å². The highest BCUT2D eigenvalue weighted by Gasteiger charge is 2.39. The molecule has 2 aromatic carbocycles. The van der Waals surface area contributed by atoms with Gasteiger partial charge in [-0.05, 0) is 36.4 Å². The third kappa shape index (κ3) is 5.42. The highest BCUT2D eigenvalue weighted by molar-refractivity contribution is 6.31. The van der Waals surface area contributed by atoms with Gasteiger partial charge in [-0.15, -0.1) is 0 Å². The van der Waals surface area contributed by atoms with Gasteiger partial charge in [-0.1, -0.05) is 11.6 Å². The minimum Gasteiger partial charge on any atom is -0.505 e. The number of phenolic OH excluding ortho intramolecular Hbond substituents is 1. The van der Waals surface area contributed by atoms with Crippen molar-refractivity contribution in [2.75, 3.05) is 17.2 Å². The average Bonchev–Trinajstić information content (AvgIpc) is 3.18. The molecule has 0 radical (unpaired) electrons. The van der Waals surface area contributed by atoms with Gasteiger partial charge in [0.25, 0.3) is 18.2 Å². The van der Waals surface area contributed by atoms with Gasteiger partial charge in [0.05, 0.1) is 29.4 Å². The van der Waals surface area contributed by atoms with Gasteiger partial charge in [0.15, 0.2) is 5.75 Å². The number of hydrogen-bond acceptors (Lipinski definition) is 4. The summed E-state index contributed by atoms with van der Waals surface area (Å²) in [5, 5.41) is 17.6. The van der Waals surface area contributed by atoms with Crippen molar-refractivity contribution in [3.8, 4) is 5.75 Å². The van der Waals surface area contributed by atoms with E-state index < -0.39 is 83.6 Å². The number of benzene rings is 2. The smallest absolute Gasteiger partial charge is 0.416 e. The Morgan fingerprint density at radius 3 is 2.58 bits per heavy atom. The van der Waals surface area contributed by atoms with E-state index in [9.17, 15) is 45.4 Å². The van der Waals surface area contributed by atoms with Crippen LogP contribution < -0.4 is 16.0 Å². The molecule has 38 heavy (non-hydrogen) atoms. The molecule has 1 aliphatic carbocycles. The van der Waals surface area contributed by atoms with Crippen LogP contribution in [0.4, 0.5) is 42.1 Å². The zero-order valence-electron chi connectivity index (χ0n) is 18.9. The molecule has 0 bridgehead atoms. The van der Waals surface area contributed by atoms with Gasteiger partial charge in [0.1, 0.15) is 12.0 Å². The zero-order chi connectivity index (χ0) is 27.9. The molecule has 0 spiro atoms. The van der Waals surface area contributed by atoms with E-state index in [1.54, 1.807) is 0 Å². The first kappa shape index (κ1) is 27.3. The topological polar surface area (TPSA) is 90.5 Å². The second kappa shape index (κ2) is 10.2. The summed E-state index contributed by atoms with van der Waals surface area (Å²) in [6, 6.07) is 2.92. The molecule has 14 heteroatoms. The van der Waals surface area contributed by atoms with Crippen molar-refractivity contribution >= 4 is 34.8 Å². The molecule has 2 atom stereocenters. The predicted octanol–water partition coefficient (Wildman–Crippen LogP) is 5.79. The van der Waals surface area contributed by atoms with Crippen molar-refractivity contribution in [2.24, 2.45) is 0 Å². The summed E-state index contributed by atoms with van der Waals surface area (Å²) in [5.41, 5.74) is -3.30. The van der Waals surface area contributed by atoms with Gasteiger partial charge in [-0.25, -0.2) is 17.6 Å². The number of rotatable bonds is 6. The second-order valence-electron chi connectivity index (χ2n) is 8.42. The Labute approximate surface area is 215 Å².